The SMILES string of the molecule is CCC(CNCC(C)C)n1nc(C)c(C)c1C. The smallest absolute Gasteiger partial charge is 0.0644 e. The first-order valence-corrected chi connectivity index (χ1v) is 6.70. The molecule has 3 heteroatoms. The molecular formula is C14H27N3. The Hall–Kier alpha value is -0.830. The van der Waals surface area contributed by atoms with Crippen molar-refractivity contribution < 1.29 is 0 Å². The number of nitrogens with zero attached hydrogens (tertiary/aromatic N) is 2. The number of aryl methyl sites for hydroxylation is 1. The fourth-order valence-corrected chi connectivity index (χ4v) is 2.04. The van der Waals surface area contributed by atoms with Crippen LogP contribution in [-0.2, 0) is 0 Å². The van der Waals surface area contributed by atoms with Crippen LogP contribution in [0.15, 0.2) is 0 Å². The fourth-order valence-electron chi connectivity index (χ4n) is 2.04. The fraction of sp³-hybridized carbons (Fsp3) is 0.786. The number of nitrogens with one attached hydrogen (secondary N) is 1. The van der Waals surface area contributed by atoms with Crippen LogP contribution < -0.4 is 5.32 Å². The van der Waals surface area contributed by atoms with Crippen LogP contribution in [0.3, 0.4) is 0 Å². The zero-order chi connectivity index (χ0) is 13.0. The molecule has 1 aromatic rings. The van der Waals surface area contributed by atoms with E-state index in [1.54, 1.807) is 0 Å². The summed E-state index contributed by atoms with van der Waals surface area (Å²) in [5.41, 5.74) is 3.79. The lowest BCUT2D eigenvalue weighted by Gasteiger charge is -2.19. The van der Waals surface area contributed by atoms with Crippen LogP contribution in [-0.4, -0.2) is 22.9 Å². The van der Waals surface area contributed by atoms with Gasteiger partial charge in [0.1, 0.15) is 0 Å². The molecule has 0 aliphatic rings. The maximum absolute atomic E-state index is 4.66. The second-order valence-electron chi connectivity index (χ2n) is 5.35. The number of hydrogen-bond acceptors (Lipinski definition) is 2. The summed E-state index contributed by atoms with van der Waals surface area (Å²) in [6.07, 6.45) is 1.12. The Morgan fingerprint density at radius 3 is 2.24 bits per heavy atom. The average Bonchev–Trinajstić information content (AvgIpc) is 2.52. The molecule has 0 saturated heterocycles. The molecule has 1 aromatic heterocycles. The van der Waals surface area contributed by atoms with Gasteiger partial charge in [-0.25, -0.2) is 0 Å². The van der Waals surface area contributed by atoms with E-state index in [1.807, 2.05) is 0 Å². The topological polar surface area (TPSA) is 29.9 Å². The van der Waals surface area contributed by atoms with Crippen molar-refractivity contribution in [2.24, 2.45) is 5.92 Å². The van der Waals surface area contributed by atoms with Gasteiger partial charge in [0.25, 0.3) is 0 Å². The summed E-state index contributed by atoms with van der Waals surface area (Å²) in [4.78, 5) is 0. The van der Waals surface area contributed by atoms with Crippen LogP contribution in [0.4, 0.5) is 0 Å². The molecule has 1 rings (SSSR count). The van der Waals surface area contributed by atoms with Gasteiger partial charge in [-0.3, -0.25) is 4.68 Å². The summed E-state index contributed by atoms with van der Waals surface area (Å²) in [5, 5.41) is 8.18. The normalized spacial score (nSPS) is 13.4. The van der Waals surface area contributed by atoms with E-state index in [2.05, 4.69) is 56.6 Å². The molecule has 0 saturated carbocycles. The third-order valence-corrected chi connectivity index (χ3v) is 3.44. The third-order valence-electron chi connectivity index (χ3n) is 3.44. The molecule has 3 nitrogen and oxygen atoms in total. The highest BCUT2D eigenvalue weighted by molar-refractivity contribution is 5.22. The Balaban J connectivity index is 2.69. The quantitative estimate of drug-likeness (QED) is 0.824. The van der Waals surface area contributed by atoms with Gasteiger partial charge in [-0.1, -0.05) is 20.8 Å². The maximum Gasteiger partial charge on any atom is 0.0644 e. The molecule has 0 aromatic carbocycles. The minimum Gasteiger partial charge on any atom is -0.314 e. The standard InChI is InChI=1S/C14H27N3/c1-7-14(9-15-8-10(2)3)17-13(6)11(4)12(5)16-17/h10,14-15H,7-9H2,1-6H3. The summed E-state index contributed by atoms with van der Waals surface area (Å²) in [6, 6.07) is 0.473. The molecule has 0 spiro atoms. The van der Waals surface area contributed by atoms with Crippen LogP contribution in [0, 0.1) is 26.7 Å². The molecule has 1 unspecified atom stereocenters. The van der Waals surface area contributed by atoms with Gasteiger partial charge >= 0.3 is 0 Å². The molecule has 0 radical (unpaired) electrons. The zero-order valence-corrected chi connectivity index (χ0v) is 12.2. The molecule has 17 heavy (non-hydrogen) atoms. The van der Waals surface area contributed by atoms with E-state index in [0.717, 1.165) is 25.2 Å². The van der Waals surface area contributed by atoms with Crippen molar-refractivity contribution in [3.8, 4) is 0 Å². The van der Waals surface area contributed by atoms with Gasteiger partial charge in [0.2, 0.25) is 0 Å². The van der Waals surface area contributed by atoms with E-state index in [1.165, 1.54) is 11.3 Å². The van der Waals surface area contributed by atoms with Crippen molar-refractivity contribution in [1.82, 2.24) is 15.1 Å². The molecule has 0 fully saturated rings. The van der Waals surface area contributed by atoms with E-state index in [-0.39, 0.29) is 0 Å². The summed E-state index contributed by atoms with van der Waals surface area (Å²) < 4.78 is 2.19. The highest BCUT2D eigenvalue weighted by Crippen LogP contribution is 2.18. The number of aromatic nitrogens is 2. The van der Waals surface area contributed by atoms with Crippen molar-refractivity contribution >= 4 is 0 Å². The molecule has 0 aliphatic carbocycles. The predicted octanol–water partition coefficient (Wildman–Crippen LogP) is 3.01. The highest BCUT2D eigenvalue weighted by Gasteiger charge is 2.15. The predicted molar refractivity (Wildman–Crippen MR) is 73.5 cm³/mol. The van der Waals surface area contributed by atoms with Crippen molar-refractivity contribution in [2.45, 2.75) is 54.0 Å². The van der Waals surface area contributed by atoms with Crippen molar-refractivity contribution in [1.29, 1.82) is 0 Å². The van der Waals surface area contributed by atoms with Crippen LogP contribution in [0.1, 0.15) is 50.2 Å². The summed E-state index contributed by atoms with van der Waals surface area (Å²) >= 11 is 0. The lowest BCUT2D eigenvalue weighted by atomic mass is 10.2. The molecular weight excluding hydrogens is 210 g/mol. The lowest BCUT2D eigenvalue weighted by Crippen LogP contribution is -2.29. The Labute approximate surface area is 106 Å². The number of rotatable bonds is 6. The van der Waals surface area contributed by atoms with E-state index in [9.17, 15) is 0 Å². The van der Waals surface area contributed by atoms with Gasteiger partial charge in [-0.05, 0) is 45.2 Å². The van der Waals surface area contributed by atoms with Crippen molar-refractivity contribution in [2.75, 3.05) is 13.1 Å². The highest BCUT2D eigenvalue weighted by atomic mass is 15.3. The Morgan fingerprint density at radius 1 is 1.18 bits per heavy atom. The van der Waals surface area contributed by atoms with Crippen LogP contribution >= 0.6 is 0 Å². The summed E-state index contributed by atoms with van der Waals surface area (Å²) in [7, 11) is 0. The first kappa shape index (κ1) is 14.2. The van der Waals surface area contributed by atoms with E-state index in [0.29, 0.717) is 12.0 Å². The summed E-state index contributed by atoms with van der Waals surface area (Å²) in [6.45, 7) is 15.2. The Bertz CT molecular complexity index is 353. The van der Waals surface area contributed by atoms with Crippen molar-refractivity contribution in [3.63, 3.8) is 0 Å². The Morgan fingerprint density at radius 2 is 1.82 bits per heavy atom. The van der Waals surface area contributed by atoms with Crippen LogP contribution in [0.5, 0.6) is 0 Å². The largest absolute Gasteiger partial charge is 0.314 e. The molecule has 98 valence electrons. The second kappa shape index (κ2) is 6.20. The lowest BCUT2D eigenvalue weighted by molar-refractivity contribution is 0.392. The molecule has 0 aliphatic heterocycles. The average molecular weight is 237 g/mol. The number of hydrogen-bond donors (Lipinski definition) is 1. The van der Waals surface area contributed by atoms with E-state index in [4.69, 9.17) is 0 Å². The first-order valence-electron chi connectivity index (χ1n) is 6.70. The molecule has 0 amide bonds. The monoisotopic (exact) mass is 237 g/mol. The first-order chi connectivity index (χ1) is 7.97. The van der Waals surface area contributed by atoms with Crippen LogP contribution in [0.25, 0.3) is 0 Å². The molecule has 1 atom stereocenters. The van der Waals surface area contributed by atoms with Gasteiger partial charge in [0.15, 0.2) is 0 Å². The maximum atomic E-state index is 4.66. The van der Waals surface area contributed by atoms with Crippen LogP contribution in [0.2, 0.25) is 0 Å². The van der Waals surface area contributed by atoms with Gasteiger partial charge in [0, 0.05) is 12.2 Å². The molecule has 1 heterocycles. The van der Waals surface area contributed by atoms with Gasteiger partial charge in [-0.2, -0.15) is 5.10 Å². The van der Waals surface area contributed by atoms with E-state index < -0.39 is 0 Å². The molecule has 0 bridgehead atoms. The minimum absolute atomic E-state index is 0.473. The van der Waals surface area contributed by atoms with E-state index >= 15 is 0 Å². The second-order valence-corrected chi connectivity index (χ2v) is 5.35. The third kappa shape index (κ3) is 3.56. The van der Waals surface area contributed by atoms with Gasteiger partial charge < -0.3 is 5.32 Å². The zero-order valence-electron chi connectivity index (χ0n) is 12.2. The Kier molecular flexibility index (Phi) is 5.19. The van der Waals surface area contributed by atoms with Crippen molar-refractivity contribution in [3.05, 3.63) is 17.0 Å². The van der Waals surface area contributed by atoms with Gasteiger partial charge in [-0.15, -0.1) is 0 Å². The summed E-state index contributed by atoms with van der Waals surface area (Å²) in [5.74, 6) is 0.703. The minimum atomic E-state index is 0.473. The molecule has 1 N–H and O–H groups in total. The van der Waals surface area contributed by atoms with Gasteiger partial charge in [0.05, 0.1) is 11.7 Å².